The Balaban J connectivity index is 1.58. The van der Waals surface area contributed by atoms with Gasteiger partial charge in [-0.25, -0.2) is 9.67 Å². The van der Waals surface area contributed by atoms with Gasteiger partial charge in [0.25, 0.3) is 5.56 Å². The summed E-state index contributed by atoms with van der Waals surface area (Å²) in [5, 5.41) is 7.39. The summed E-state index contributed by atoms with van der Waals surface area (Å²) in [6, 6.07) is 12.5. The number of nitrogens with one attached hydrogen (secondary N) is 1. The van der Waals surface area contributed by atoms with E-state index in [0.29, 0.717) is 22.3 Å². The maximum absolute atomic E-state index is 12.9. The average Bonchev–Trinajstić information content (AvgIpc) is 3.15. The van der Waals surface area contributed by atoms with Crippen molar-refractivity contribution in [2.75, 3.05) is 5.32 Å². The highest BCUT2D eigenvalue weighted by atomic mass is 16.2. The van der Waals surface area contributed by atoms with E-state index in [1.54, 1.807) is 28.9 Å². The van der Waals surface area contributed by atoms with E-state index in [1.807, 2.05) is 32.0 Å². The smallest absolute Gasteiger partial charge is 0.264 e. The Hall–Kier alpha value is -4.07. The van der Waals surface area contributed by atoms with Crippen molar-refractivity contribution in [3.63, 3.8) is 0 Å². The van der Waals surface area contributed by atoms with Crippen molar-refractivity contribution >= 4 is 28.4 Å². The minimum Gasteiger partial charge on any atom is -0.325 e. The summed E-state index contributed by atoms with van der Waals surface area (Å²) >= 11 is 0. The average molecular weight is 415 g/mol. The molecule has 0 aliphatic rings. The third kappa shape index (κ3) is 4.00. The van der Waals surface area contributed by atoms with E-state index in [9.17, 15) is 14.4 Å². The highest BCUT2D eigenvalue weighted by Gasteiger charge is 2.14. The number of nitrogens with zero attached hydrogens (tertiary/aromatic N) is 4. The van der Waals surface area contributed by atoms with E-state index >= 15 is 0 Å². The fraction of sp³-hybridized carbons (Fsp3) is 0.174. The van der Waals surface area contributed by atoms with Crippen LogP contribution >= 0.6 is 0 Å². The molecular weight excluding hydrogens is 394 g/mol. The van der Waals surface area contributed by atoms with Crippen LogP contribution in [-0.2, 0) is 11.3 Å². The molecule has 2 aromatic carbocycles. The Kier molecular flexibility index (Phi) is 5.21. The molecule has 4 aromatic rings. The molecule has 0 bridgehead atoms. The van der Waals surface area contributed by atoms with Crippen LogP contribution in [0.4, 0.5) is 5.69 Å². The minimum absolute atomic E-state index is 0.0508. The van der Waals surface area contributed by atoms with Crippen LogP contribution in [0.3, 0.4) is 0 Å². The Bertz CT molecular complexity index is 1370. The number of ketones is 1. The summed E-state index contributed by atoms with van der Waals surface area (Å²) in [5.74, 6) is -0.425. The fourth-order valence-corrected chi connectivity index (χ4v) is 3.42. The van der Waals surface area contributed by atoms with Crippen molar-refractivity contribution < 1.29 is 9.59 Å². The highest BCUT2D eigenvalue weighted by molar-refractivity contribution is 5.95. The van der Waals surface area contributed by atoms with Crippen molar-refractivity contribution in [1.82, 2.24) is 19.3 Å². The van der Waals surface area contributed by atoms with Crippen LogP contribution in [0.15, 0.2) is 59.8 Å². The van der Waals surface area contributed by atoms with Crippen molar-refractivity contribution in [1.29, 1.82) is 0 Å². The van der Waals surface area contributed by atoms with Crippen molar-refractivity contribution in [2.45, 2.75) is 27.3 Å². The van der Waals surface area contributed by atoms with Gasteiger partial charge in [0.05, 0.1) is 11.9 Å². The first-order valence-electron chi connectivity index (χ1n) is 9.75. The number of aryl methyl sites for hydroxylation is 2. The maximum atomic E-state index is 12.9. The van der Waals surface area contributed by atoms with E-state index in [0.717, 1.165) is 16.8 Å². The SMILES string of the molecule is CC(=O)c1ccc(NC(=O)Cn2cnc3c(cnn3-c3ccc(C)cc3C)c2=O)cc1. The molecular formula is C23H21N5O3. The topological polar surface area (TPSA) is 98.9 Å². The number of amides is 1. The first-order valence-corrected chi connectivity index (χ1v) is 9.75. The first-order chi connectivity index (χ1) is 14.8. The van der Waals surface area contributed by atoms with Gasteiger partial charge in [-0.15, -0.1) is 0 Å². The number of hydrogen-bond acceptors (Lipinski definition) is 5. The number of carbonyl (C=O) groups excluding carboxylic acids is 2. The quantitative estimate of drug-likeness (QED) is 0.505. The highest BCUT2D eigenvalue weighted by Crippen LogP contribution is 2.18. The predicted molar refractivity (Wildman–Crippen MR) is 118 cm³/mol. The molecule has 4 rings (SSSR count). The molecule has 0 fully saturated rings. The summed E-state index contributed by atoms with van der Waals surface area (Å²) in [6.07, 6.45) is 2.82. The summed E-state index contributed by atoms with van der Waals surface area (Å²) in [4.78, 5) is 41.0. The van der Waals surface area contributed by atoms with E-state index in [2.05, 4.69) is 15.4 Å². The van der Waals surface area contributed by atoms with E-state index < -0.39 is 0 Å². The number of anilines is 1. The second-order valence-corrected chi connectivity index (χ2v) is 7.44. The molecule has 1 amide bonds. The lowest BCUT2D eigenvalue weighted by atomic mass is 10.1. The van der Waals surface area contributed by atoms with Gasteiger partial charge in [0.15, 0.2) is 11.4 Å². The monoisotopic (exact) mass is 415 g/mol. The molecule has 156 valence electrons. The molecule has 0 saturated carbocycles. The van der Waals surface area contributed by atoms with Crippen molar-refractivity contribution in [3.8, 4) is 5.69 Å². The van der Waals surface area contributed by atoms with Crippen LogP contribution in [0.25, 0.3) is 16.7 Å². The summed E-state index contributed by atoms with van der Waals surface area (Å²) < 4.78 is 2.88. The number of aromatic nitrogens is 4. The molecule has 2 aromatic heterocycles. The van der Waals surface area contributed by atoms with Crippen LogP contribution in [0.5, 0.6) is 0 Å². The van der Waals surface area contributed by atoms with E-state index in [-0.39, 0.29) is 23.8 Å². The molecule has 8 heteroatoms. The van der Waals surface area contributed by atoms with Gasteiger partial charge < -0.3 is 5.32 Å². The number of rotatable bonds is 5. The number of carbonyl (C=O) groups is 2. The van der Waals surface area contributed by atoms with E-state index in [1.165, 1.54) is 24.0 Å². The first kappa shape index (κ1) is 20.2. The van der Waals surface area contributed by atoms with Crippen LogP contribution in [0, 0.1) is 13.8 Å². The van der Waals surface area contributed by atoms with Gasteiger partial charge in [0.2, 0.25) is 5.91 Å². The van der Waals surface area contributed by atoms with Crippen molar-refractivity contribution in [3.05, 3.63) is 82.0 Å². The largest absolute Gasteiger partial charge is 0.325 e. The molecule has 8 nitrogen and oxygen atoms in total. The van der Waals surface area contributed by atoms with Gasteiger partial charge in [0, 0.05) is 11.3 Å². The van der Waals surface area contributed by atoms with Gasteiger partial charge in [-0.05, 0) is 56.7 Å². The zero-order valence-electron chi connectivity index (χ0n) is 17.4. The Morgan fingerprint density at radius 3 is 2.48 bits per heavy atom. The van der Waals surface area contributed by atoms with Gasteiger partial charge >= 0.3 is 0 Å². The Labute approximate surface area is 178 Å². The van der Waals surface area contributed by atoms with Gasteiger partial charge in [-0.1, -0.05) is 17.7 Å². The predicted octanol–water partition coefficient (Wildman–Crippen LogP) is 3.04. The van der Waals surface area contributed by atoms with Gasteiger partial charge in [-0.2, -0.15) is 5.10 Å². The second kappa shape index (κ2) is 7.98. The Morgan fingerprint density at radius 2 is 1.81 bits per heavy atom. The van der Waals surface area contributed by atoms with Crippen LogP contribution < -0.4 is 10.9 Å². The zero-order valence-corrected chi connectivity index (χ0v) is 17.4. The fourth-order valence-electron chi connectivity index (χ4n) is 3.42. The zero-order chi connectivity index (χ0) is 22.1. The molecule has 0 aliphatic heterocycles. The minimum atomic E-state index is -0.374. The third-order valence-electron chi connectivity index (χ3n) is 5.02. The van der Waals surface area contributed by atoms with Crippen LogP contribution in [0.1, 0.15) is 28.4 Å². The molecule has 0 unspecified atom stereocenters. The molecule has 0 saturated heterocycles. The number of Topliss-reactive ketones (excluding diaryl/α,β-unsaturated/α-hetero) is 1. The molecule has 1 N–H and O–H groups in total. The standard InChI is InChI=1S/C23H21N5O3/c1-14-4-9-20(15(2)10-14)28-22-19(11-25-28)23(31)27(13-24-22)12-21(30)26-18-7-5-17(6-8-18)16(3)29/h4-11,13H,12H2,1-3H3,(H,26,30). The number of fused-ring (bicyclic) bond motifs is 1. The molecule has 0 radical (unpaired) electrons. The van der Waals surface area contributed by atoms with Crippen LogP contribution in [-0.4, -0.2) is 31.0 Å². The molecule has 0 atom stereocenters. The summed E-state index contributed by atoms with van der Waals surface area (Å²) in [5.41, 5.74) is 4.19. The lowest BCUT2D eigenvalue weighted by molar-refractivity contribution is -0.116. The summed E-state index contributed by atoms with van der Waals surface area (Å²) in [7, 11) is 0. The Morgan fingerprint density at radius 1 is 1.06 bits per heavy atom. The molecule has 0 aliphatic carbocycles. The molecule has 0 spiro atoms. The van der Waals surface area contributed by atoms with Gasteiger partial charge in [0.1, 0.15) is 18.3 Å². The normalized spacial score (nSPS) is 10.9. The lowest BCUT2D eigenvalue weighted by Gasteiger charge is -2.09. The number of hydrogen-bond donors (Lipinski definition) is 1. The maximum Gasteiger partial charge on any atom is 0.264 e. The molecule has 31 heavy (non-hydrogen) atoms. The number of benzene rings is 2. The second-order valence-electron chi connectivity index (χ2n) is 7.44. The van der Waals surface area contributed by atoms with Gasteiger partial charge in [-0.3, -0.25) is 19.0 Å². The van der Waals surface area contributed by atoms with Crippen molar-refractivity contribution in [2.24, 2.45) is 0 Å². The van der Waals surface area contributed by atoms with Crippen LogP contribution in [0.2, 0.25) is 0 Å². The molecule has 2 heterocycles. The van der Waals surface area contributed by atoms with E-state index in [4.69, 9.17) is 0 Å². The third-order valence-corrected chi connectivity index (χ3v) is 5.02. The summed E-state index contributed by atoms with van der Waals surface area (Å²) in [6.45, 7) is 5.28. The lowest BCUT2D eigenvalue weighted by Crippen LogP contribution is -2.27.